The average Bonchev–Trinajstić information content (AvgIpc) is 2.67. The largest absolute Gasteiger partial charge is 0.294 e. The molecule has 3 aromatic rings. The highest BCUT2D eigenvalue weighted by Crippen LogP contribution is 2.28. The lowest BCUT2D eigenvalue weighted by Gasteiger charge is -2.29. The molecule has 1 aliphatic rings. The van der Waals surface area contributed by atoms with E-state index in [1.165, 1.54) is 27.9 Å². The molecule has 3 heterocycles. The SMILES string of the molecule is CC(C)(C)c1ncc2c(n1)CCN(Cc1cnccc1-c1cccc(Br)c1)C2. The lowest BCUT2D eigenvalue weighted by atomic mass is 9.95. The maximum atomic E-state index is 4.85. The van der Waals surface area contributed by atoms with Crippen LogP contribution in [0.1, 0.15) is 43.4 Å². The third-order valence-electron chi connectivity index (χ3n) is 5.12. The molecular formula is C23H25BrN4. The summed E-state index contributed by atoms with van der Waals surface area (Å²) in [6, 6.07) is 10.5. The molecule has 2 aromatic heterocycles. The van der Waals surface area contributed by atoms with Crippen LogP contribution in [0.3, 0.4) is 0 Å². The molecule has 0 amide bonds. The lowest BCUT2D eigenvalue weighted by Crippen LogP contribution is -2.32. The number of rotatable bonds is 3. The highest BCUT2D eigenvalue weighted by molar-refractivity contribution is 9.10. The Morgan fingerprint density at radius 3 is 2.79 bits per heavy atom. The Labute approximate surface area is 175 Å². The van der Waals surface area contributed by atoms with E-state index in [1.54, 1.807) is 0 Å². The van der Waals surface area contributed by atoms with Gasteiger partial charge in [0.05, 0.1) is 0 Å². The molecular weight excluding hydrogens is 412 g/mol. The molecule has 28 heavy (non-hydrogen) atoms. The minimum Gasteiger partial charge on any atom is -0.294 e. The van der Waals surface area contributed by atoms with E-state index in [4.69, 9.17) is 4.98 Å². The molecule has 0 N–H and O–H groups in total. The zero-order chi connectivity index (χ0) is 19.7. The fourth-order valence-electron chi connectivity index (χ4n) is 3.60. The van der Waals surface area contributed by atoms with Crippen molar-refractivity contribution in [3.8, 4) is 11.1 Å². The molecule has 0 radical (unpaired) electrons. The lowest BCUT2D eigenvalue weighted by molar-refractivity contribution is 0.242. The zero-order valence-corrected chi connectivity index (χ0v) is 18.2. The molecule has 1 aliphatic heterocycles. The van der Waals surface area contributed by atoms with Gasteiger partial charge in [-0.1, -0.05) is 48.8 Å². The highest BCUT2D eigenvalue weighted by Gasteiger charge is 2.23. The van der Waals surface area contributed by atoms with Crippen molar-refractivity contribution in [1.82, 2.24) is 19.9 Å². The quantitative estimate of drug-likeness (QED) is 0.568. The number of aromatic nitrogens is 3. The van der Waals surface area contributed by atoms with Gasteiger partial charge in [-0.15, -0.1) is 0 Å². The fourth-order valence-corrected chi connectivity index (χ4v) is 4.00. The minimum absolute atomic E-state index is 0.0132. The first-order chi connectivity index (χ1) is 13.4. The molecule has 0 fully saturated rings. The monoisotopic (exact) mass is 436 g/mol. The fraction of sp³-hybridized carbons (Fsp3) is 0.348. The Hall–Kier alpha value is -2.11. The molecule has 4 nitrogen and oxygen atoms in total. The molecule has 0 atom stereocenters. The third-order valence-corrected chi connectivity index (χ3v) is 5.61. The van der Waals surface area contributed by atoms with E-state index in [9.17, 15) is 0 Å². The summed E-state index contributed by atoms with van der Waals surface area (Å²) in [6.07, 6.45) is 6.85. The van der Waals surface area contributed by atoms with E-state index in [-0.39, 0.29) is 5.41 Å². The van der Waals surface area contributed by atoms with Crippen LogP contribution in [0.4, 0.5) is 0 Å². The van der Waals surface area contributed by atoms with Crippen molar-refractivity contribution >= 4 is 15.9 Å². The third kappa shape index (κ3) is 4.15. The van der Waals surface area contributed by atoms with Gasteiger partial charge in [0.2, 0.25) is 0 Å². The van der Waals surface area contributed by atoms with Crippen LogP contribution in [0.5, 0.6) is 0 Å². The van der Waals surface area contributed by atoms with Crippen LogP contribution in [-0.4, -0.2) is 26.4 Å². The molecule has 0 aliphatic carbocycles. The van der Waals surface area contributed by atoms with Crippen molar-refractivity contribution < 1.29 is 0 Å². The summed E-state index contributed by atoms with van der Waals surface area (Å²) in [5.41, 5.74) is 6.13. The van der Waals surface area contributed by atoms with E-state index in [0.717, 1.165) is 36.4 Å². The van der Waals surface area contributed by atoms with E-state index >= 15 is 0 Å². The first-order valence-electron chi connectivity index (χ1n) is 9.66. The summed E-state index contributed by atoms with van der Waals surface area (Å²) < 4.78 is 1.09. The van der Waals surface area contributed by atoms with Crippen molar-refractivity contribution in [3.63, 3.8) is 0 Å². The van der Waals surface area contributed by atoms with Gasteiger partial charge >= 0.3 is 0 Å². The second-order valence-electron chi connectivity index (χ2n) is 8.42. The Balaban J connectivity index is 1.56. The summed E-state index contributed by atoms with van der Waals surface area (Å²) in [5, 5.41) is 0. The summed E-state index contributed by atoms with van der Waals surface area (Å²) in [5.74, 6) is 0.934. The van der Waals surface area contributed by atoms with Crippen molar-refractivity contribution in [1.29, 1.82) is 0 Å². The van der Waals surface area contributed by atoms with E-state index in [2.05, 4.69) is 81.9 Å². The normalized spacial score (nSPS) is 14.7. The summed E-state index contributed by atoms with van der Waals surface area (Å²) >= 11 is 3.58. The minimum atomic E-state index is -0.0132. The van der Waals surface area contributed by atoms with E-state index in [0.29, 0.717) is 0 Å². The molecule has 4 rings (SSSR count). The average molecular weight is 437 g/mol. The van der Waals surface area contributed by atoms with E-state index < -0.39 is 0 Å². The van der Waals surface area contributed by atoms with Gasteiger partial charge in [-0.2, -0.15) is 0 Å². The number of hydrogen-bond acceptors (Lipinski definition) is 4. The van der Waals surface area contributed by atoms with Gasteiger partial charge < -0.3 is 0 Å². The number of benzene rings is 1. The number of nitrogens with zero attached hydrogens (tertiary/aromatic N) is 4. The summed E-state index contributed by atoms with van der Waals surface area (Å²) in [6.45, 7) is 9.24. The van der Waals surface area contributed by atoms with Gasteiger partial charge in [-0.3, -0.25) is 9.88 Å². The number of hydrogen-bond donors (Lipinski definition) is 0. The van der Waals surface area contributed by atoms with Gasteiger partial charge in [-0.05, 0) is 34.9 Å². The summed E-state index contributed by atoms with van der Waals surface area (Å²) in [7, 11) is 0. The smallest absolute Gasteiger partial charge is 0.133 e. The van der Waals surface area contributed by atoms with Crippen LogP contribution in [-0.2, 0) is 24.9 Å². The number of halogens is 1. The molecule has 0 unspecified atom stereocenters. The molecule has 144 valence electrons. The Morgan fingerprint density at radius 1 is 1.14 bits per heavy atom. The van der Waals surface area contributed by atoms with Crippen LogP contribution in [0, 0.1) is 0 Å². The van der Waals surface area contributed by atoms with Crippen LogP contribution in [0.25, 0.3) is 11.1 Å². The van der Waals surface area contributed by atoms with Crippen molar-refractivity contribution in [2.75, 3.05) is 6.54 Å². The Morgan fingerprint density at radius 2 is 2.00 bits per heavy atom. The molecule has 1 aromatic carbocycles. The van der Waals surface area contributed by atoms with E-state index in [1.807, 2.05) is 18.6 Å². The summed E-state index contributed by atoms with van der Waals surface area (Å²) in [4.78, 5) is 16.3. The van der Waals surface area contributed by atoms with Gasteiger partial charge in [0.1, 0.15) is 5.82 Å². The standard InChI is InChI=1S/C23H25BrN4/c1-23(2,3)22-26-13-18-15-28(10-8-21(18)27-22)14-17-12-25-9-7-20(17)16-5-4-6-19(24)11-16/h4-7,9,11-13H,8,10,14-15H2,1-3H3. The molecule has 0 bridgehead atoms. The molecule has 0 saturated heterocycles. The van der Waals surface area contributed by atoms with Gasteiger partial charge in [0.15, 0.2) is 0 Å². The maximum absolute atomic E-state index is 4.85. The number of fused-ring (bicyclic) bond motifs is 1. The Bertz CT molecular complexity index is 994. The topological polar surface area (TPSA) is 41.9 Å². The molecule has 0 spiro atoms. The van der Waals surface area contributed by atoms with Gasteiger partial charge in [-0.25, -0.2) is 9.97 Å². The van der Waals surface area contributed by atoms with Crippen LogP contribution < -0.4 is 0 Å². The van der Waals surface area contributed by atoms with Crippen molar-refractivity contribution in [3.05, 3.63) is 76.0 Å². The van der Waals surface area contributed by atoms with Crippen LogP contribution in [0.2, 0.25) is 0 Å². The zero-order valence-electron chi connectivity index (χ0n) is 16.6. The van der Waals surface area contributed by atoms with Gasteiger partial charge in [0.25, 0.3) is 0 Å². The Kier molecular flexibility index (Phi) is 5.30. The van der Waals surface area contributed by atoms with Gasteiger partial charge in [0, 0.05) is 65.8 Å². The predicted octanol–water partition coefficient (Wildman–Crippen LogP) is 5.16. The molecule has 5 heteroatoms. The first kappa shape index (κ1) is 19.2. The van der Waals surface area contributed by atoms with Crippen LogP contribution in [0.15, 0.2) is 53.4 Å². The predicted molar refractivity (Wildman–Crippen MR) is 116 cm³/mol. The second-order valence-corrected chi connectivity index (χ2v) is 9.34. The van der Waals surface area contributed by atoms with Crippen molar-refractivity contribution in [2.24, 2.45) is 0 Å². The molecule has 0 saturated carbocycles. The first-order valence-corrected chi connectivity index (χ1v) is 10.5. The highest BCUT2D eigenvalue weighted by atomic mass is 79.9. The number of pyridine rings is 1. The van der Waals surface area contributed by atoms with Crippen LogP contribution >= 0.6 is 15.9 Å². The maximum Gasteiger partial charge on any atom is 0.133 e. The van der Waals surface area contributed by atoms with Crippen molar-refractivity contribution in [2.45, 2.75) is 45.7 Å². The second kappa shape index (κ2) is 7.72.